The number of halogens is 3. The van der Waals surface area contributed by atoms with E-state index in [1.807, 2.05) is 43.3 Å². The summed E-state index contributed by atoms with van der Waals surface area (Å²) < 4.78 is 34.6. The highest BCUT2D eigenvalue weighted by atomic mass is 35.5. The van der Waals surface area contributed by atoms with Crippen molar-refractivity contribution in [3.05, 3.63) is 79.8 Å². The van der Waals surface area contributed by atoms with Crippen LogP contribution in [0.2, 0.25) is 15.1 Å². The summed E-state index contributed by atoms with van der Waals surface area (Å²) in [6, 6.07) is 14.1. The number of ether oxygens (including phenoxy) is 1. The molecule has 0 radical (unpaired) electrons. The second-order valence-corrected chi connectivity index (χ2v) is 14.1. The van der Waals surface area contributed by atoms with E-state index in [1.165, 1.54) is 24.3 Å². The summed E-state index contributed by atoms with van der Waals surface area (Å²) in [5.74, 6) is 2.12. The number of nitro groups is 1. The van der Waals surface area contributed by atoms with Gasteiger partial charge in [-0.1, -0.05) is 46.9 Å². The lowest BCUT2D eigenvalue weighted by atomic mass is 9.82. The number of para-hydroxylation sites is 1. The summed E-state index contributed by atoms with van der Waals surface area (Å²) in [6.45, 7) is 1.02. The number of aromatic nitrogens is 2. The molecule has 1 aliphatic carbocycles. The number of non-ortho nitro benzene ring substituents is 1. The van der Waals surface area contributed by atoms with Crippen LogP contribution in [0.1, 0.15) is 25.7 Å². The van der Waals surface area contributed by atoms with Gasteiger partial charge in [-0.05, 0) is 67.9 Å². The van der Waals surface area contributed by atoms with E-state index in [0.29, 0.717) is 11.9 Å². The van der Waals surface area contributed by atoms with Crippen molar-refractivity contribution in [1.29, 1.82) is 0 Å². The third-order valence-electron chi connectivity index (χ3n) is 7.70. The highest BCUT2D eigenvalue weighted by Crippen LogP contribution is 2.41. The topological polar surface area (TPSA) is 140 Å². The maximum Gasteiger partial charge on any atom is 0.271 e. The fourth-order valence-corrected chi connectivity index (χ4v) is 7.33. The molecule has 0 amide bonds. The van der Waals surface area contributed by atoms with Crippen molar-refractivity contribution in [1.82, 2.24) is 14.7 Å². The van der Waals surface area contributed by atoms with E-state index in [-0.39, 0.29) is 49.6 Å². The van der Waals surface area contributed by atoms with Gasteiger partial charge in [0.15, 0.2) is 5.75 Å². The standard InChI is InChI=1S/C30H31Cl3N6O5S/c1-38(2)29-22-5-3-4-6-26(22)36-30(37-29)34-16-18-7-9-19(10-8-18)17-35-45(42,43)21-14-24(32)28(25(33)15-21)44-27-12-11-20(39(40)41)13-23(27)31/h3-6,11-15,18-19,35H,7-10,16-17H2,1-2H3,(H,34,36,37). The highest BCUT2D eigenvalue weighted by Gasteiger charge is 2.25. The molecule has 2 N–H and O–H groups in total. The van der Waals surface area contributed by atoms with E-state index in [1.54, 1.807) is 0 Å². The predicted molar refractivity (Wildman–Crippen MR) is 178 cm³/mol. The van der Waals surface area contributed by atoms with E-state index in [9.17, 15) is 18.5 Å². The van der Waals surface area contributed by atoms with E-state index in [2.05, 4.69) is 15.0 Å². The minimum absolute atomic E-state index is 0.0213. The maximum atomic E-state index is 13.1. The fourth-order valence-electron chi connectivity index (χ4n) is 5.25. The second kappa shape index (κ2) is 13.9. The first-order valence-electron chi connectivity index (χ1n) is 14.2. The Morgan fingerprint density at radius 1 is 0.933 bits per heavy atom. The van der Waals surface area contributed by atoms with Gasteiger partial charge in [-0.3, -0.25) is 10.1 Å². The Hall–Kier alpha value is -3.42. The third kappa shape index (κ3) is 7.87. The van der Waals surface area contributed by atoms with Gasteiger partial charge in [-0.2, -0.15) is 4.98 Å². The Balaban J connectivity index is 1.14. The smallest absolute Gasteiger partial charge is 0.271 e. The Kier molecular flexibility index (Phi) is 10.2. The van der Waals surface area contributed by atoms with Crippen molar-refractivity contribution in [3.8, 4) is 11.5 Å². The SMILES string of the molecule is CN(C)c1nc(NCC2CCC(CNS(=O)(=O)c3cc(Cl)c(Oc4ccc([N+](=O)[O-])cc4Cl)c(Cl)c3)CC2)nc2ccccc12. The average molecular weight is 694 g/mol. The normalized spacial score (nSPS) is 16.8. The zero-order chi connectivity index (χ0) is 32.3. The molecule has 1 aliphatic rings. The van der Waals surface area contributed by atoms with Crippen molar-refractivity contribution < 1.29 is 18.1 Å². The van der Waals surface area contributed by atoms with Gasteiger partial charge in [-0.25, -0.2) is 18.1 Å². The van der Waals surface area contributed by atoms with Crippen molar-refractivity contribution in [2.24, 2.45) is 11.8 Å². The van der Waals surface area contributed by atoms with Gasteiger partial charge >= 0.3 is 0 Å². The predicted octanol–water partition coefficient (Wildman–Crippen LogP) is 7.55. The van der Waals surface area contributed by atoms with E-state index >= 15 is 0 Å². The highest BCUT2D eigenvalue weighted by molar-refractivity contribution is 7.89. The molecule has 0 aliphatic heterocycles. The quantitative estimate of drug-likeness (QED) is 0.120. The number of anilines is 2. The van der Waals surface area contributed by atoms with E-state index in [0.717, 1.165) is 55.0 Å². The van der Waals surface area contributed by atoms with Gasteiger partial charge in [0.25, 0.3) is 5.69 Å². The minimum Gasteiger partial charge on any atom is -0.453 e. The summed E-state index contributed by atoms with van der Waals surface area (Å²) >= 11 is 18.8. The molecule has 0 saturated heterocycles. The first kappa shape index (κ1) is 33.0. The Labute approximate surface area is 276 Å². The molecule has 15 heteroatoms. The number of benzene rings is 3. The van der Waals surface area contributed by atoms with E-state index < -0.39 is 14.9 Å². The lowest BCUT2D eigenvalue weighted by Gasteiger charge is -2.29. The van der Waals surface area contributed by atoms with Crippen molar-refractivity contribution in [2.75, 3.05) is 37.4 Å². The number of nitrogens with one attached hydrogen (secondary N) is 2. The molecule has 11 nitrogen and oxygen atoms in total. The summed E-state index contributed by atoms with van der Waals surface area (Å²) in [5, 5.41) is 15.2. The van der Waals surface area contributed by atoms with Gasteiger partial charge in [0.1, 0.15) is 11.6 Å². The summed E-state index contributed by atoms with van der Waals surface area (Å²) in [5.41, 5.74) is 0.671. The van der Waals surface area contributed by atoms with Crippen molar-refractivity contribution >= 4 is 73.2 Å². The molecule has 5 rings (SSSR count). The monoisotopic (exact) mass is 692 g/mol. The Morgan fingerprint density at radius 2 is 1.58 bits per heavy atom. The number of nitrogens with zero attached hydrogens (tertiary/aromatic N) is 4. The fraction of sp³-hybridized carbons (Fsp3) is 0.333. The van der Waals surface area contributed by atoms with Gasteiger partial charge < -0.3 is 15.0 Å². The molecule has 0 atom stereocenters. The summed E-state index contributed by atoms with van der Waals surface area (Å²) in [6.07, 6.45) is 3.65. The molecule has 0 unspecified atom stereocenters. The zero-order valence-corrected chi connectivity index (χ0v) is 27.6. The van der Waals surface area contributed by atoms with Crippen LogP contribution in [0.4, 0.5) is 17.5 Å². The van der Waals surface area contributed by atoms with E-state index in [4.69, 9.17) is 44.5 Å². The molecule has 238 valence electrons. The number of sulfonamides is 1. The largest absolute Gasteiger partial charge is 0.453 e. The van der Waals surface area contributed by atoms with Crippen LogP contribution >= 0.6 is 34.8 Å². The van der Waals surface area contributed by atoms with Gasteiger partial charge in [0.05, 0.1) is 30.4 Å². The number of hydrogen-bond donors (Lipinski definition) is 2. The molecular weight excluding hydrogens is 663 g/mol. The number of fused-ring (bicyclic) bond motifs is 1. The van der Waals surface area contributed by atoms with Crippen LogP contribution in [0.3, 0.4) is 0 Å². The first-order chi connectivity index (χ1) is 21.4. The number of nitro benzene ring substituents is 1. The Bertz CT molecular complexity index is 1810. The minimum atomic E-state index is -3.91. The molecule has 45 heavy (non-hydrogen) atoms. The molecule has 1 heterocycles. The molecule has 3 aromatic carbocycles. The summed E-state index contributed by atoms with van der Waals surface area (Å²) in [4.78, 5) is 21.6. The lowest BCUT2D eigenvalue weighted by Crippen LogP contribution is -2.32. The maximum absolute atomic E-state index is 13.1. The van der Waals surface area contributed by atoms with Gasteiger partial charge in [-0.15, -0.1) is 0 Å². The number of hydrogen-bond acceptors (Lipinski definition) is 9. The van der Waals surface area contributed by atoms with Crippen LogP contribution in [0.5, 0.6) is 11.5 Å². The van der Waals surface area contributed by atoms with Crippen LogP contribution in [0.15, 0.2) is 59.5 Å². The molecule has 4 aromatic rings. The number of rotatable bonds is 11. The van der Waals surface area contributed by atoms with Crippen LogP contribution in [0, 0.1) is 22.0 Å². The first-order valence-corrected chi connectivity index (χ1v) is 16.8. The van der Waals surface area contributed by atoms with Crippen molar-refractivity contribution in [3.63, 3.8) is 0 Å². The van der Waals surface area contributed by atoms with Crippen LogP contribution in [-0.2, 0) is 10.0 Å². The average Bonchev–Trinajstić information content (AvgIpc) is 3.01. The molecule has 0 spiro atoms. The van der Waals surface area contributed by atoms with Crippen LogP contribution in [0.25, 0.3) is 10.9 Å². The van der Waals surface area contributed by atoms with Crippen LogP contribution < -0.4 is 19.7 Å². The molecule has 1 aromatic heterocycles. The third-order valence-corrected chi connectivity index (χ3v) is 9.96. The summed E-state index contributed by atoms with van der Waals surface area (Å²) in [7, 11) is 0.00501. The van der Waals surface area contributed by atoms with Gasteiger partial charge in [0, 0.05) is 44.7 Å². The van der Waals surface area contributed by atoms with Crippen molar-refractivity contribution in [2.45, 2.75) is 30.6 Å². The second-order valence-electron chi connectivity index (χ2n) is 11.1. The zero-order valence-electron chi connectivity index (χ0n) is 24.5. The van der Waals surface area contributed by atoms with Gasteiger partial charge in [0.2, 0.25) is 16.0 Å². The molecule has 1 fully saturated rings. The molecular formula is C30H31Cl3N6O5S. The van der Waals surface area contributed by atoms with Crippen LogP contribution in [-0.4, -0.2) is 50.5 Å². The molecule has 1 saturated carbocycles. The Morgan fingerprint density at radius 3 is 2.20 bits per heavy atom. The lowest BCUT2D eigenvalue weighted by molar-refractivity contribution is -0.384. The molecule has 0 bridgehead atoms.